The zero-order chi connectivity index (χ0) is 15.0. The number of nitrogens with two attached hydrogens (primary N) is 1. The minimum atomic E-state index is -0.756. The van der Waals surface area contributed by atoms with Crippen LogP contribution in [0.5, 0.6) is 0 Å². The average Bonchev–Trinajstić information content (AvgIpc) is 2.80. The molecule has 0 spiro atoms. The Balaban J connectivity index is 1.95. The van der Waals surface area contributed by atoms with Crippen LogP contribution >= 0.6 is 0 Å². The zero-order valence-electron chi connectivity index (χ0n) is 10.8. The van der Waals surface area contributed by atoms with Crippen molar-refractivity contribution in [3.8, 4) is 0 Å². The standard InChI is InChI=1S/C15H11F2N3O/c16-8-3-9(17)5-11(4-8)20-15(21)13-7-19-14-2-1-10(18)6-12(13)14/h1-7,19H,18H2,(H,20,21). The van der Waals surface area contributed by atoms with E-state index >= 15 is 0 Å². The Hall–Kier alpha value is -2.89. The summed E-state index contributed by atoms with van der Waals surface area (Å²) >= 11 is 0. The van der Waals surface area contributed by atoms with Crippen LogP contribution in [-0.2, 0) is 0 Å². The van der Waals surface area contributed by atoms with Crippen molar-refractivity contribution in [1.82, 2.24) is 4.98 Å². The van der Waals surface area contributed by atoms with Crippen LogP contribution in [-0.4, -0.2) is 10.9 Å². The Morgan fingerprint density at radius 3 is 2.52 bits per heavy atom. The first-order valence-corrected chi connectivity index (χ1v) is 6.17. The van der Waals surface area contributed by atoms with Crippen molar-refractivity contribution in [2.45, 2.75) is 0 Å². The summed E-state index contributed by atoms with van der Waals surface area (Å²) in [6.45, 7) is 0. The van der Waals surface area contributed by atoms with E-state index < -0.39 is 17.5 Å². The summed E-state index contributed by atoms with van der Waals surface area (Å²) in [7, 11) is 0. The molecule has 0 radical (unpaired) electrons. The van der Waals surface area contributed by atoms with E-state index in [-0.39, 0.29) is 5.69 Å². The normalized spacial score (nSPS) is 10.8. The molecule has 0 aliphatic carbocycles. The highest BCUT2D eigenvalue weighted by Crippen LogP contribution is 2.22. The zero-order valence-corrected chi connectivity index (χ0v) is 10.8. The third-order valence-electron chi connectivity index (χ3n) is 3.07. The summed E-state index contributed by atoms with van der Waals surface area (Å²) in [5.41, 5.74) is 7.37. The first-order chi connectivity index (χ1) is 10.0. The third kappa shape index (κ3) is 2.55. The highest BCUT2D eigenvalue weighted by atomic mass is 19.1. The van der Waals surface area contributed by atoms with Crippen LogP contribution in [0.2, 0.25) is 0 Å². The lowest BCUT2D eigenvalue weighted by atomic mass is 10.1. The first-order valence-electron chi connectivity index (χ1n) is 6.17. The molecule has 2 aromatic carbocycles. The van der Waals surface area contributed by atoms with Crippen molar-refractivity contribution < 1.29 is 13.6 Å². The average molecular weight is 287 g/mol. The topological polar surface area (TPSA) is 70.9 Å². The molecule has 0 aliphatic heterocycles. The van der Waals surface area contributed by atoms with E-state index in [1.165, 1.54) is 6.20 Å². The number of H-pyrrole nitrogens is 1. The molecule has 0 aliphatic rings. The Morgan fingerprint density at radius 1 is 1.10 bits per heavy atom. The van der Waals surface area contributed by atoms with E-state index in [1.807, 2.05) is 0 Å². The quantitative estimate of drug-likeness (QED) is 0.633. The summed E-state index contributed by atoms with van der Waals surface area (Å²) in [6.07, 6.45) is 1.52. The molecule has 0 bridgehead atoms. The van der Waals surface area contributed by atoms with Gasteiger partial charge in [0.15, 0.2) is 0 Å². The summed E-state index contributed by atoms with van der Waals surface area (Å²) in [5, 5.41) is 3.10. The molecule has 1 heterocycles. The SMILES string of the molecule is Nc1ccc2[nH]cc(C(=O)Nc3cc(F)cc(F)c3)c2c1. The number of rotatable bonds is 2. The molecular formula is C15H11F2N3O. The Morgan fingerprint density at radius 2 is 1.81 bits per heavy atom. The van der Waals surface area contributed by atoms with E-state index in [0.717, 1.165) is 23.7 Å². The van der Waals surface area contributed by atoms with Gasteiger partial charge in [0.2, 0.25) is 0 Å². The van der Waals surface area contributed by atoms with Crippen LogP contribution in [0.25, 0.3) is 10.9 Å². The van der Waals surface area contributed by atoms with Crippen molar-refractivity contribution in [2.75, 3.05) is 11.1 Å². The molecule has 0 fully saturated rings. The van der Waals surface area contributed by atoms with Gasteiger partial charge in [-0.25, -0.2) is 8.78 Å². The number of nitrogen functional groups attached to an aromatic ring is 1. The molecule has 0 unspecified atom stereocenters. The van der Waals surface area contributed by atoms with E-state index in [4.69, 9.17) is 5.73 Å². The van der Waals surface area contributed by atoms with E-state index in [9.17, 15) is 13.6 Å². The lowest BCUT2D eigenvalue weighted by Gasteiger charge is -2.05. The second-order valence-electron chi connectivity index (χ2n) is 4.62. The molecule has 21 heavy (non-hydrogen) atoms. The van der Waals surface area contributed by atoms with Crippen LogP contribution in [0, 0.1) is 11.6 Å². The molecule has 0 saturated heterocycles. The second kappa shape index (κ2) is 4.90. The molecule has 0 saturated carbocycles. The van der Waals surface area contributed by atoms with Crippen molar-refractivity contribution in [2.24, 2.45) is 0 Å². The van der Waals surface area contributed by atoms with Gasteiger partial charge < -0.3 is 16.0 Å². The van der Waals surface area contributed by atoms with Crippen LogP contribution in [0.1, 0.15) is 10.4 Å². The molecule has 1 amide bonds. The highest BCUT2D eigenvalue weighted by molar-refractivity contribution is 6.13. The van der Waals surface area contributed by atoms with Crippen molar-refractivity contribution >= 4 is 28.2 Å². The second-order valence-corrected chi connectivity index (χ2v) is 4.62. The van der Waals surface area contributed by atoms with Crippen molar-refractivity contribution in [3.63, 3.8) is 0 Å². The maximum atomic E-state index is 13.1. The number of carbonyl (C=O) groups excluding carboxylic acids is 1. The summed E-state index contributed by atoms with van der Waals surface area (Å²) in [5.74, 6) is -1.99. The van der Waals surface area contributed by atoms with E-state index in [2.05, 4.69) is 10.3 Å². The van der Waals surface area contributed by atoms with Crippen molar-refractivity contribution in [1.29, 1.82) is 0 Å². The van der Waals surface area contributed by atoms with Gasteiger partial charge in [-0.1, -0.05) is 0 Å². The molecule has 106 valence electrons. The largest absolute Gasteiger partial charge is 0.399 e. The van der Waals surface area contributed by atoms with Gasteiger partial charge in [-0.3, -0.25) is 4.79 Å². The number of halogens is 2. The first kappa shape index (κ1) is 13.1. The van der Waals surface area contributed by atoms with Gasteiger partial charge in [0.05, 0.1) is 5.56 Å². The summed E-state index contributed by atoms with van der Waals surface area (Å²) in [6, 6.07) is 7.95. The predicted molar refractivity (Wildman–Crippen MR) is 77.0 cm³/mol. The van der Waals surface area contributed by atoms with Gasteiger partial charge in [0, 0.05) is 34.5 Å². The molecule has 1 aromatic heterocycles. The highest BCUT2D eigenvalue weighted by Gasteiger charge is 2.13. The third-order valence-corrected chi connectivity index (χ3v) is 3.07. The van der Waals surface area contributed by atoms with Gasteiger partial charge in [-0.2, -0.15) is 0 Å². The number of aromatic nitrogens is 1. The van der Waals surface area contributed by atoms with Crippen LogP contribution in [0.3, 0.4) is 0 Å². The number of nitrogens with one attached hydrogen (secondary N) is 2. The Bertz CT molecular complexity index is 822. The fraction of sp³-hybridized carbons (Fsp3) is 0. The lowest BCUT2D eigenvalue weighted by molar-refractivity contribution is 0.102. The number of aromatic amines is 1. The van der Waals surface area contributed by atoms with E-state index in [0.29, 0.717) is 16.6 Å². The fourth-order valence-electron chi connectivity index (χ4n) is 2.15. The Labute approximate surface area is 118 Å². The number of fused-ring (bicyclic) bond motifs is 1. The summed E-state index contributed by atoms with van der Waals surface area (Å²) < 4.78 is 26.2. The number of carbonyl (C=O) groups is 1. The number of anilines is 2. The Kier molecular flexibility index (Phi) is 3.06. The van der Waals surface area contributed by atoms with Gasteiger partial charge >= 0.3 is 0 Å². The van der Waals surface area contributed by atoms with Crippen LogP contribution in [0.4, 0.5) is 20.2 Å². The van der Waals surface area contributed by atoms with Crippen LogP contribution in [0.15, 0.2) is 42.6 Å². The summed E-state index contributed by atoms with van der Waals surface area (Å²) in [4.78, 5) is 15.1. The minimum absolute atomic E-state index is 0.0516. The number of hydrogen-bond acceptors (Lipinski definition) is 2. The smallest absolute Gasteiger partial charge is 0.257 e. The van der Waals surface area contributed by atoms with Gasteiger partial charge in [-0.05, 0) is 30.3 Å². The lowest BCUT2D eigenvalue weighted by Crippen LogP contribution is -2.11. The molecule has 4 N–H and O–H groups in total. The predicted octanol–water partition coefficient (Wildman–Crippen LogP) is 3.28. The molecule has 3 rings (SSSR count). The maximum absolute atomic E-state index is 13.1. The van der Waals surface area contributed by atoms with E-state index in [1.54, 1.807) is 18.2 Å². The molecule has 6 heteroatoms. The monoisotopic (exact) mass is 287 g/mol. The number of benzene rings is 2. The molecule has 0 atom stereocenters. The molecule has 4 nitrogen and oxygen atoms in total. The van der Waals surface area contributed by atoms with Gasteiger partial charge in [0.1, 0.15) is 11.6 Å². The van der Waals surface area contributed by atoms with Crippen molar-refractivity contribution in [3.05, 3.63) is 59.8 Å². The van der Waals surface area contributed by atoms with Gasteiger partial charge in [0.25, 0.3) is 5.91 Å². The number of hydrogen-bond donors (Lipinski definition) is 3. The molecule has 3 aromatic rings. The number of amides is 1. The maximum Gasteiger partial charge on any atom is 0.257 e. The fourth-order valence-corrected chi connectivity index (χ4v) is 2.15. The van der Waals surface area contributed by atoms with Crippen LogP contribution < -0.4 is 11.1 Å². The molecular weight excluding hydrogens is 276 g/mol. The van der Waals surface area contributed by atoms with Gasteiger partial charge in [-0.15, -0.1) is 0 Å². The minimum Gasteiger partial charge on any atom is -0.399 e.